The lowest BCUT2D eigenvalue weighted by molar-refractivity contribution is -0.159. The van der Waals surface area contributed by atoms with Crippen LogP contribution in [0.3, 0.4) is 0 Å². The maximum Gasteiger partial charge on any atom is 0.317 e. The van der Waals surface area contributed by atoms with Crippen LogP contribution in [-0.4, -0.2) is 24.8 Å². The Hall–Kier alpha value is -3.09. The first-order valence-electron chi connectivity index (χ1n) is 9.66. The molecular weight excluding hydrogens is 377 g/mol. The van der Waals surface area contributed by atoms with Crippen LogP contribution >= 0.6 is 0 Å². The molecule has 1 atom stereocenters. The molecule has 0 spiro atoms. The van der Waals surface area contributed by atoms with E-state index in [1.807, 2.05) is 0 Å². The Morgan fingerprint density at radius 3 is 2.59 bits per heavy atom. The number of benzene rings is 2. The fourth-order valence-corrected chi connectivity index (χ4v) is 3.96. The number of fused-ring (bicyclic) bond motifs is 1. The van der Waals surface area contributed by atoms with E-state index in [-0.39, 0.29) is 6.79 Å². The van der Waals surface area contributed by atoms with Crippen LogP contribution < -0.4 is 14.8 Å². The van der Waals surface area contributed by atoms with E-state index >= 15 is 0 Å². The summed E-state index contributed by atoms with van der Waals surface area (Å²) in [6, 6.07) is 11.3. The summed E-state index contributed by atoms with van der Waals surface area (Å²) in [4.78, 5) is 25.6. The van der Waals surface area contributed by atoms with Crippen LogP contribution in [0.25, 0.3) is 0 Å². The van der Waals surface area contributed by atoms with Crippen molar-refractivity contribution in [2.75, 3.05) is 12.1 Å². The van der Waals surface area contributed by atoms with Gasteiger partial charge >= 0.3 is 5.97 Å². The van der Waals surface area contributed by atoms with Gasteiger partial charge in [-0.15, -0.1) is 0 Å². The first kappa shape index (κ1) is 19.2. The Balaban J connectivity index is 1.46. The van der Waals surface area contributed by atoms with E-state index in [9.17, 15) is 14.0 Å². The fraction of sp³-hybridized carbons (Fsp3) is 0.364. The normalized spacial score (nSPS) is 17.6. The minimum absolute atomic E-state index is 0.138. The summed E-state index contributed by atoms with van der Waals surface area (Å²) in [5.74, 6) is -0.316. The Morgan fingerprint density at radius 1 is 1.10 bits per heavy atom. The highest BCUT2D eigenvalue weighted by molar-refractivity contribution is 5.96. The molecule has 1 fully saturated rings. The number of rotatable bonds is 5. The minimum atomic E-state index is -1.04. The number of nitrogens with one attached hydrogen (secondary N) is 1. The van der Waals surface area contributed by atoms with Gasteiger partial charge in [-0.05, 0) is 38.0 Å². The van der Waals surface area contributed by atoms with Crippen LogP contribution in [0, 0.1) is 5.82 Å². The maximum atomic E-state index is 14.4. The van der Waals surface area contributed by atoms with Crippen molar-refractivity contribution < 1.29 is 28.2 Å². The van der Waals surface area contributed by atoms with Gasteiger partial charge in [0.15, 0.2) is 17.6 Å². The molecule has 4 rings (SSSR count). The van der Waals surface area contributed by atoms with E-state index in [0.29, 0.717) is 35.6 Å². The molecule has 0 aromatic heterocycles. The predicted octanol–water partition coefficient (Wildman–Crippen LogP) is 3.94. The predicted molar refractivity (Wildman–Crippen MR) is 103 cm³/mol. The lowest BCUT2D eigenvalue weighted by Gasteiger charge is -2.29. The number of carbonyl (C=O) groups is 2. The van der Waals surface area contributed by atoms with Crippen molar-refractivity contribution >= 4 is 17.6 Å². The van der Waals surface area contributed by atoms with Gasteiger partial charge in [-0.1, -0.05) is 31.0 Å². The van der Waals surface area contributed by atoms with Crippen LogP contribution in [-0.2, 0) is 19.7 Å². The van der Waals surface area contributed by atoms with Crippen molar-refractivity contribution in [3.63, 3.8) is 0 Å². The Kier molecular flexibility index (Phi) is 5.13. The average Bonchev–Trinajstić information content (AvgIpc) is 3.38. The smallest absolute Gasteiger partial charge is 0.317 e. The number of ether oxygens (including phenoxy) is 3. The third-order valence-electron chi connectivity index (χ3n) is 5.53. The molecule has 7 heteroatoms. The molecule has 0 unspecified atom stereocenters. The molecular formula is C22H22FNO5. The number of halogens is 1. The highest BCUT2D eigenvalue weighted by Gasteiger charge is 2.46. The number of carbonyl (C=O) groups excluding carboxylic acids is 2. The van der Waals surface area contributed by atoms with Gasteiger partial charge in [0.1, 0.15) is 5.82 Å². The van der Waals surface area contributed by atoms with Gasteiger partial charge in [0.05, 0.1) is 5.41 Å². The van der Waals surface area contributed by atoms with Gasteiger partial charge in [0, 0.05) is 17.3 Å². The molecule has 6 nitrogen and oxygen atoms in total. The SMILES string of the molecule is C[C@H](OC(=O)C1(c2ccccc2F)CCCC1)C(=O)Nc1ccc2c(c1)OCO2. The first-order chi connectivity index (χ1) is 14.0. The highest BCUT2D eigenvalue weighted by Crippen LogP contribution is 2.43. The number of amides is 1. The largest absolute Gasteiger partial charge is 0.454 e. The van der Waals surface area contributed by atoms with Gasteiger partial charge in [0.2, 0.25) is 6.79 Å². The van der Waals surface area contributed by atoms with Crippen molar-refractivity contribution in [2.24, 2.45) is 0 Å². The third kappa shape index (κ3) is 3.64. The molecule has 1 amide bonds. The van der Waals surface area contributed by atoms with E-state index in [4.69, 9.17) is 14.2 Å². The summed E-state index contributed by atoms with van der Waals surface area (Å²) in [6.45, 7) is 1.64. The van der Waals surface area contributed by atoms with E-state index < -0.39 is 29.2 Å². The van der Waals surface area contributed by atoms with E-state index in [0.717, 1.165) is 12.8 Å². The molecule has 29 heavy (non-hydrogen) atoms. The van der Waals surface area contributed by atoms with Gasteiger partial charge in [-0.3, -0.25) is 9.59 Å². The topological polar surface area (TPSA) is 73.9 Å². The van der Waals surface area contributed by atoms with Gasteiger partial charge in [-0.2, -0.15) is 0 Å². The van der Waals surface area contributed by atoms with E-state index in [2.05, 4.69) is 5.32 Å². The molecule has 2 aliphatic rings. The quantitative estimate of drug-likeness (QED) is 0.771. The summed E-state index contributed by atoms with van der Waals surface area (Å²) in [5, 5.41) is 2.71. The monoisotopic (exact) mass is 399 g/mol. The van der Waals surface area contributed by atoms with Gasteiger partial charge in [0.25, 0.3) is 5.91 Å². The van der Waals surface area contributed by atoms with E-state index in [1.165, 1.54) is 13.0 Å². The molecule has 152 valence electrons. The minimum Gasteiger partial charge on any atom is -0.454 e. The van der Waals surface area contributed by atoms with Crippen molar-refractivity contribution in [2.45, 2.75) is 44.1 Å². The summed E-state index contributed by atoms with van der Waals surface area (Å²) in [7, 11) is 0. The average molecular weight is 399 g/mol. The summed E-state index contributed by atoms with van der Waals surface area (Å²) >= 11 is 0. The van der Waals surface area contributed by atoms with E-state index in [1.54, 1.807) is 36.4 Å². The number of esters is 1. The summed E-state index contributed by atoms with van der Waals surface area (Å²) < 4.78 is 30.5. The van der Waals surface area contributed by atoms with Crippen molar-refractivity contribution in [1.29, 1.82) is 0 Å². The number of hydrogen-bond acceptors (Lipinski definition) is 5. The second kappa shape index (κ2) is 7.73. The molecule has 1 saturated carbocycles. The molecule has 1 heterocycles. The molecule has 2 aromatic rings. The molecule has 2 aromatic carbocycles. The summed E-state index contributed by atoms with van der Waals surface area (Å²) in [6.07, 6.45) is 1.59. The molecule has 1 aliphatic heterocycles. The number of hydrogen-bond donors (Lipinski definition) is 1. The summed E-state index contributed by atoms with van der Waals surface area (Å²) in [5.41, 5.74) is -0.198. The highest BCUT2D eigenvalue weighted by atomic mass is 19.1. The standard InChI is InChI=1S/C22H22FNO5/c1-14(20(25)24-15-8-9-18-19(12-15)28-13-27-18)29-21(26)22(10-4-5-11-22)16-6-2-3-7-17(16)23/h2-3,6-9,12,14H,4-5,10-11,13H2,1H3,(H,24,25)/t14-/m0/s1. The first-order valence-corrected chi connectivity index (χ1v) is 9.66. The molecule has 1 N–H and O–H groups in total. The number of anilines is 1. The second-order valence-electron chi connectivity index (χ2n) is 7.37. The molecule has 0 saturated heterocycles. The van der Waals surface area contributed by atoms with Crippen molar-refractivity contribution in [1.82, 2.24) is 0 Å². The van der Waals surface area contributed by atoms with Crippen molar-refractivity contribution in [3.05, 3.63) is 53.8 Å². The zero-order valence-electron chi connectivity index (χ0n) is 16.1. The van der Waals surface area contributed by atoms with Crippen LogP contribution in [0.2, 0.25) is 0 Å². The lowest BCUT2D eigenvalue weighted by Crippen LogP contribution is -2.40. The Morgan fingerprint density at radius 2 is 1.83 bits per heavy atom. The zero-order chi connectivity index (χ0) is 20.4. The van der Waals surface area contributed by atoms with Crippen LogP contribution in [0.5, 0.6) is 11.5 Å². The lowest BCUT2D eigenvalue weighted by atomic mass is 9.78. The van der Waals surface area contributed by atoms with Gasteiger partial charge < -0.3 is 19.5 Å². The zero-order valence-corrected chi connectivity index (χ0v) is 16.1. The Bertz CT molecular complexity index is 939. The molecule has 0 bridgehead atoms. The molecule has 0 radical (unpaired) electrons. The fourth-order valence-electron chi connectivity index (χ4n) is 3.96. The Labute approximate surface area is 168 Å². The maximum absolute atomic E-state index is 14.4. The van der Waals surface area contributed by atoms with Crippen molar-refractivity contribution in [3.8, 4) is 11.5 Å². The van der Waals surface area contributed by atoms with Crippen LogP contribution in [0.15, 0.2) is 42.5 Å². The van der Waals surface area contributed by atoms with Gasteiger partial charge in [-0.25, -0.2) is 4.39 Å². The van der Waals surface area contributed by atoms with Crippen LogP contribution in [0.1, 0.15) is 38.2 Å². The van der Waals surface area contributed by atoms with Crippen LogP contribution in [0.4, 0.5) is 10.1 Å². The third-order valence-corrected chi connectivity index (χ3v) is 5.53. The molecule has 1 aliphatic carbocycles. The second-order valence-corrected chi connectivity index (χ2v) is 7.37.